The summed E-state index contributed by atoms with van der Waals surface area (Å²) in [5.74, 6) is -1.47. The molecular weight excluding hydrogens is 324 g/mol. The second kappa shape index (κ2) is 17.2. The molecule has 0 atom stereocenters. The summed E-state index contributed by atoms with van der Waals surface area (Å²) in [6.07, 6.45) is 9.56. The maximum absolute atomic E-state index is 11.5. The normalized spacial score (nSPS) is 10.4. The van der Waals surface area contributed by atoms with Crippen molar-refractivity contribution < 1.29 is 29.0 Å². The Kier molecular flexibility index (Phi) is 16.1. The maximum Gasteiger partial charge on any atom is 0.305 e. The van der Waals surface area contributed by atoms with Crippen LogP contribution in [-0.4, -0.2) is 31.1 Å². The van der Waals surface area contributed by atoms with E-state index in [1.165, 1.54) is 19.3 Å². The van der Waals surface area contributed by atoms with E-state index >= 15 is 0 Å². The van der Waals surface area contributed by atoms with E-state index in [4.69, 9.17) is 9.47 Å². The van der Waals surface area contributed by atoms with Crippen LogP contribution in [-0.2, 0) is 23.9 Å². The summed E-state index contributed by atoms with van der Waals surface area (Å²) >= 11 is 0. The van der Waals surface area contributed by atoms with Gasteiger partial charge in [0.25, 0.3) is 0 Å². The second-order valence-electron chi connectivity index (χ2n) is 6.24. The summed E-state index contributed by atoms with van der Waals surface area (Å²) in [5.41, 5.74) is 0. The van der Waals surface area contributed by atoms with E-state index in [9.17, 15) is 19.5 Å². The van der Waals surface area contributed by atoms with Crippen LogP contribution in [0.1, 0.15) is 90.4 Å². The molecule has 0 amide bonds. The lowest BCUT2D eigenvalue weighted by molar-refractivity contribution is -0.305. The first-order valence-corrected chi connectivity index (χ1v) is 9.57. The number of hydrogen-bond donors (Lipinski definition) is 0. The van der Waals surface area contributed by atoms with Crippen molar-refractivity contribution >= 4 is 17.9 Å². The number of carbonyl (C=O) groups is 3. The number of carboxylic acids is 1. The topological polar surface area (TPSA) is 92.7 Å². The fourth-order valence-electron chi connectivity index (χ4n) is 2.31. The summed E-state index contributed by atoms with van der Waals surface area (Å²) in [4.78, 5) is 33.2. The predicted octanol–water partition coefficient (Wildman–Crippen LogP) is 2.91. The molecule has 0 N–H and O–H groups in total. The van der Waals surface area contributed by atoms with Crippen molar-refractivity contribution in [1.82, 2.24) is 0 Å². The molecule has 0 heterocycles. The largest absolute Gasteiger partial charge is 0.550 e. The zero-order valence-corrected chi connectivity index (χ0v) is 15.6. The van der Waals surface area contributed by atoms with E-state index in [-0.39, 0.29) is 18.4 Å². The molecule has 0 unspecified atom stereocenters. The highest BCUT2D eigenvalue weighted by Gasteiger charge is 2.05. The Labute approximate surface area is 151 Å². The Morgan fingerprint density at radius 3 is 1.64 bits per heavy atom. The minimum Gasteiger partial charge on any atom is -0.550 e. The maximum atomic E-state index is 11.5. The summed E-state index contributed by atoms with van der Waals surface area (Å²) in [6.45, 7) is 2.83. The molecular formula is C19H33O6-. The molecule has 0 spiro atoms. The minimum absolute atomic E-state index is 0.0470. The van der Waals surface area contributed by atoms with Gasteiger partial charge in [0.2, 0.25) is 0 Å². The summed E-state index contributed by atoms with van der Waals surface area (Å²) < 4.78 is 10.2. The van der Waals surface area contributed by atoms with Gasteiger partial charge in [-0.2, -0.15) is 0 Å². The summed E-state index contributed by atoms with van der Waals surface area (Å²) in [5, 5.41) is 10.2. The van der Waals surface area contributed by atoms with Crippen molar-refractivity contribution in [3.63, 3.8) is 0 Å². The average molecular weight is 357 g/mol. The molecule has 0 bridgehead atoms. The molecule has 0 saturated heterocycles. The zero-order chi connectivity index (χ0) is 18.8. The molecule has 0 aliphatic heterocycles. The van der Waals surface area contributed by atoms with Crippen molar-refractivity contribution in [3.05, 3.63) is 0 Å². The molecule has 146 valence electrons. The van der Waals surface area contributed by atoms with Crippen molar-refractivity contribution in [2.75, 3.05) is 13.2 Å². The van der Waals surface area contributed by atoms with Gasteiger partial charge in [-0.25, -0.2) is 0 Å². The van der Waals surface area contributed by atoms with E-state index in [0.29, 0.717) is 58.2 Å². The van der Waals surface area contributed by atoms with Crippen molar-refractivity contribution in [3.8, 4) is 0 Å². The van der Waals surface area contributed by atoms with Gasteiger partial charge >= 0.3 is 11.9 Å². The number of unbranched alkanes of at least 4 members (excludes halogenated alkanes) is 7. The monoisotopic (exact) mass is 357 g/mol. The Morgan fingerprint density at radius 2 is 1.08 bits per heavy atom. The van der Waals surface area contributed by atoms with Crippen LogP contribution in [0, 0.1) is 0 Å². The lowest BCUT2D eigenvalue weighted by atomic mass is 10.1. The predicted molar refractivity (Wildman–Crippen MR) is 92.6 cm³/mol. The third-order valence-corrected chi connectivity index (χ3v) is 3.81. The number of hydrogen-bond acceptors (Lipinski definition) is 6. The second-order valence-corrected chi connectivity index (χ2v) is 6.24. The summed E-state index contributed by atoms with van der Waals surface area (Å²) in [6, 6.07) is 0. The molecule has 0 aromatic heterocycles. The fourth-order valence-corrected chi connectivity index (χ4v) is 2.31. The highest BCUT2D eigenvalue weighted by Crippen LogP contribution is 2.06. The Hall–Kier alpha value is -1.59. The van der Waals surface area contributed by atoms with Crippen LogP contribution in [0.15, 0.2) is 0 Å². The van der Waals surface area contributed by atoms with Crippen molar-refractivity contribution in [2.24, 2.45) is 0 Å². The molecule has 0 aliphatic carbocycles. The number of aliphatic carboxylic acids is 1. The van der Waals surface area contributed by atoms with E-state index in [1.54, 1.807) is 0 Å². The quantitative estimate of drug-likeness (QED) is 0.293. The van der Waals surface area contributed by atoms with Gasteiger partial charge < -0.3 is 19.4 Å². The third-order valence-electron chi connectivity index (χ3n) is 3.81. The highest BCUT2D eigenvalue weighted by molar-refractivity contribution is 5.69. The van der Waals surface area contributed by atoms with Gasteiger partial charge in [-0.15, -0.1) is 0 Å². The number of ether oxygens (including phenoxy) is 2. The highest BCUT2D eigenvalue weighted by atomic mass is 16.5. The average Bonchev–Trinajstić information content (AvgIpc) is 2.57. The molecule has 0 saturated carbocycles. The summed E-state index contributed by atoms with van der Waals surface area (Å²) in [7, 11) is 0. The molecule has 0 aromatic rings. The first-order valence-electron chi connectivity index (χ1n) is 9.57. The van der Waals surface area contributed by atoms with Crippen LogP contribution >= 0.6 is 0 Å². The van der Waals surface area contributed by atoms with Crippen LogP contribution in [0.3, 0.4) is 0 Å². The van der Waals surface area contributed by atoms with Gasteiger partial charge in [-0.1, -0.05) is 32.6 Å². The van der Waals surface area contributed by atoms with E-state index < -0.39 is 5.97 Å². The van der Waals surface area contributed by atoms with Crippen LogP contribution < -0.4 is 5.11 Å². The zero-order valence-electron chi connectivity index (χ0n) is 15.6. The van der Waals surface area contributed by atoms with Crippen LogP contribution in [0.25, 0.3) is 0 Å². The first-order chi connectivity index (χ1) is 12.1. The van der Waals surface area contributed by atoms with Crippen LogP contribution in [0.5, 0.6) is 0 Å². The molecule has 6 nitrogen and oxygen atoms in total. The molecule has 0 radical (unpaired) electrons. The molecule has 6 heteroatoms. The van der Waals surface area contributed by atoms with Gasteiger partial charge in [0.05, 0.1) is 13.2 Å². The lowest BCUT2D eigenvalue weighted by Gasteiger charge is -2.06. The van der Waals surface area contributed by atoms with Crippen LogP contribution in [0.2, 0.25) is 0 Å². The third kappa shape index (κ3) is 18.6. The Bertz CT molecular complexity index is 367. The number of rotatable bonds is 17. The fraction of sp³-hybridized carbons (Fsp3) is 0.842. The molecule has 0 aliphatic rings. The lowest BCUT2D eigenvalue weighted by Crippen LogP contribution is -2.21. The van der Waals surface area contributed by atoms with E-state index in [0.717, 1.165) is 12.8 Å². The van der Waals surface area contributed by atoms with Gasteiger partial charge in [0.15, 0.2) is 0 Å². The molecule has 25 heavy (non-hydrogen) atoms. The first kappa shape index (κ1) is 23.4. The Balaban J connectivity index is 3.33. The van der Waals surface area contributed by atoms with E-state index in [2.05, 4.69) is 6.92 Å². The number of carbonyl (C=O) groups excluding carboxylic acids is 3. The van der Waals surface area contributed by atoms with E-state index in [1.807, 2.05) is 0 Å². The van der Waals surface area contributed by atoms with Gasteiger partial charge in [-0.3, -0.25) is 9.59 Å². The molecule has 0 rings (SSSR count). The minimum atomic E-state index is -1.05. The molecule has 0 aromatic carbocycles. The SMILES string of the molecule is CCCCCCCC(=O)OCCCCC(=O)OCCCCCC(=O)[O-]. The van der Waals surface area contributed by atoms with Crippen molar-refractivity contribution in [1.29, 1.82) is 0 Å². The smallest absolute Gasteiger partial charge is 0.305 e. The Morgan fingerprint density at radius 1 is 0.640 bits per heavy atom. The standard InChI is InChI=1S/C19H34O6/c1-2-3-4-5-8-13-18(22)25-16-11-9-14-19(23)24-15-10-6-7-12-17(20)21/h2-16H2,1H3,(H,20,21)/p-1. The van der Waals surface area contributed by atoms with Crippen LogP contribution in [0.4, 0.5) is 0 Å². The number of carboxylic acid groups (broad SMARTS) is 1. The van der Waals surface area contributed by atoms with Gasteiger partial charge in [0.1, 0.15) is 0 Å². The molecule has 0 fully saturated rings. The van der Waals surface area contributed by atoms with Gasteiger partial charge in [0, 0.05) is 18.8 Å². The van der Waals surface area contributed by atoms with Gasteiger partial charge in [-0.05, 0) is 44.9 Å². The van der Waals surface area contributed by atoms with Crippen molar-refractivity contribution in [2.45, 2.75) is 90.4 Å². The number of esters is 2.